The number of ether oxygens (including phenoxy) is 1. The summed E-state index contributed by atoms with van der Waals surface area (Å²) in [6, 6.07) is -0.0583. The average molecular weight is 281 g/mol. The zero-order valence-corrected chi connectivity index (χ0v) is 11.9. The van der Waals surface area contributed by atoms with Gasteiger partial charge in [-0.3, -0.25) is 0 Å². The molecule has 0 aromatic carbocycles. The summed E-state index contributed by atoms with van der Waals surface area (Å²) in [5.41, 5.74) is -0.0392. The highest BCUT2D eigenvalue weighted by atomic mass is 19.1. The minimum atomic E-state index is -0.819. The fourth-order valence-corrected chi connectivity index (χ4v) is 3.20. The van der Waals surface area contributed by atoms with Crippen LogP contribution in [0.15, 0.2) is 36.6 Å². The Balaban J connectivity index is 2.11. The standard InChI is InChI=1S/C16H24FNO2/c1-2-6-13(7-5-11-17)18-14-9-12-20-15-8-3-4-10-16(14,15)19/h2,5-7,14-15,18-19H,1,3-4,8-12H2/b7-5-,13-6+/t14-,15-,16+/m1/s1. The zero-order valence-electron chi connectivity index (χ0n) is 11.9. The van der Waals surface area contributed by atoms with Gasteiger partial charge < -0.3 is 15.2 Å². The minimum absolute atomic E-state index is 0.0583. The Kier molecular flexibility index (Phi) is 5.38. The fraction of sp³-hybridized carbons (Fsp3) is 0.625. The van der Waals surface area contributed by atoms with E-state index in [9.17, 15) is 9.50 Å². The first-order chi connectivity index (χ1) is 9.70. The lowest BCUT2D eigenvalue weighted by atomic mass is 9.74. The molecule has 3 nitrogen and oxygen atoms in total. The van der Waals surface area contributed by atoms with Crippen LogP contribution in [0.4, 0.5) is 4.39 Å². The predicted octanol–water partition coefficient (Wildman–Crippen LogP) is 2.63. The largest absolute Gasteiger partial charge is 0.385 e. The van der Waals surface area contributed by atoms with Crippen molar-refractivity contribution in [3.63, 3.8) is 0 Å². The molecule has 1 saturated carbocycles. The molecule has 4 heteroatoms. The Morgan fingerprint density at radius 1 is 1.45 bits per heavy atom. The third-order valence-corrected chi connectivity index (χ3v) is 4.20. The summed E-state index contributed by atoms with van der Waals surface area (Å²) in [4.78, 5) is 0. The van der Waals surface area contributed by atoms with Crippen LogP contribution in [0.3, 0.4) is 0 Å². The molecule has 0 unspecified atom stereocenters. The first-order valence-corrected chi connectivity index (χ1v) is 7.36. The number of fused-ring (bicyclic) bond motifs is 1. The number of alkyl halides is 1. The van der Waals surface area contributed by atoms with Crippen molar-refractivity contribution < 1.29 is 14.2 Å². The number of allylic oxidation sites excluding steroid dienone is 4. The van der Waals surface area contributed by atoms with Gasteiger partial charge >= 0.3 is 0 Å². The van der Waals surface area contributed by atoms with E-state index in [0.717, 1.165) is 37.8 Å². The quantitative estimate of drug-likeness (QED) is 0.761. The minimum Gasteiger partial charge on any atom is -0.385 e. The van der Waals surface area contributed by atoms with Gasteiger partial charge in [-0.05, 0) is 31.4 Å². The highest BCUT2D eigenvalue weighted by molar-refractivity contribution is 5.23. The molecule has 112 valence electrons. The fourth-order valence-electron chi connectivity index (χ4n) is 3.20. The van der Waals surface area contributed by atoms with Crippen LogP contribution in [0.1, 0.15) is 32.1 Å². The maximum absolute atomic E-state index is 12.3. The van der Waals surface area contributed by atoms with Crippen LogP contribution in [0.5, 0.6) is 0 Å². The number of halogens is 1. The van der Waals surface area contributed by atoms with Gasteiger partial charge in [0.05, 0.1) is 12.1 Å². The molecule has 0 aromatic rings. The van der Waals surface area contributed by atoms with Gasteiger partial charge in [-0.15, -0.1) is 0 Å². The van der Waals surface area contributed by atoms with E-state index in [2.05, 4.69) is 11.9 Å². The van der Waals surface area contributed by atoms with Gasteiger partial charge in [0.1, 0.15) is 12.3 Å². The first-order valence-electron chi connectivity index (χ1n) is 7.36. The van der Waals surface area contributed by atoms with E-state index in [0.29, 0.717) is 6.61 Å². The molecule has 1 aliphatic carbocycles. The topological polar surface area (TPSA) is 41.5 Å². The molecule has 3 atom stereocenters. The molecule has 0 amide bonds. The molecule has 2 rings (SSSR count). The molecule has 2 N–H and O–H groups in total. The Morgan fingerprint density at radius 2 is 2.30 bits per heavy atom. The molecule has 0 spiro atoms. The number of rotatable bonds is 5. The van der Waals surface area contributed by atoms with Gasteiger partial charge in [0.25, 0.3) is 0 Å². The van der Waals surface area contributed by atoms with Crippen molar-refractivity contribution in [3.05, 3.63) is 36.6 Å². The normalized spacial score (nSPS) is 34.8. The monoisotopic (exact) mass is 281 g/mol. The molecule has 2 fully saturated rings. The lowest BCUT2D eigenvalue weighted by Crippen LogP contribution is -2.62. The summed E-state index contributed by atoms with van der Waals surface area (Å²) in [6.45, 7) is 3.82. The molecule has 1 heterocycles. The van der Waals surface area contributed by atoms with E-state index in [1.54, 1.807) is 18.2 Å². The van der Waals surface area contributed by atoms with Crippen LogP contribution in [0, 0.1) is 0 Å². The summed E-state index contributed by atoms with van der Waals surface area (Å²) < 4.78 is 18.0. The second-order valence-electron chi connectivity index (χ2n) is 5.50. The van der Waals surface area contributed by atoms with Crippen LogP contribution >= 0.6 is 0 Å². The first kappa shape index (κ1) is 15.3. The highest BCUT2D eigenvalue weighted by Crippen LogP contribution is 2.37. The molecule has 1 aliphatic heterocycles. The molecule has 2 aliphatic rings. The van der Waals surface area contributed by atoms with Crippen LogP contribution in [-0.2, 0) is 4.74 Å². The number of hydrogen-bond acceptors (Lipinski definition) is 3. The third-order valence-electron chi connectivity index (χ3n) is 4.20. The van der Waals surface area contributed by atoms with E-state index in [4.69, 9.17) is 4.74 Å². The van der Waals surface area contributed by atoms with Crippen molar-refractivity contribution in [1.29, 1.82) is 0 Å². The van der Waals surface area contributed by atoms with E-state index < -0.39 is 12.3 Å². The van der Waals surface area contributed by atoms with Crippen LogP contribution < -0.4 is 5.32 Å². The summed E-state index contributed by atoms with van der Waals surface area (Å²) in [5, 5.41) is 14.3. The molecule has 0 radical (unpaired) electrons. The number of nitrogens with one attached hydrogen (secondary N) is 1. The Hall–Kier alpha value is -1.13. The van der Waals surface area contributed by atoms with Crippen molar-refractivity contribution in [3.8, 4) is 0 Å². The van der Waals surface area contributed by atoms with Gasteiger partial charge in [-0.1, -0.05) is 31.6 Å². The Bertz CT molecular complexity index is 392. The van der Waals surface area contributed by atoms with Crippen molar-refractivity contribution in [1.82, 2.24) is 5.32 Å². The summed E-state index contributed by atoms with van der Waals surface area (Å²) >= 11 is 0. The zero-order chi connectivity index (χ0) is 14.4. The SMILES string of the molecule is C=C/C=C(\C=C/CF)N[C@@H]1CCO[C@@H]2CCCC[C@]12O. The van der Waals surface area contributed by atoms with Crippen molar-refractivity contribution >= 4 is 0 Å². The van der Waals surface area contributed by atoms with Gasteiger partial charge in [0.15, 0.2) is 0 Å². The third kappa shape index (κ3) is 3.30. The summed E-state index contributed by atoms with van der Waals surface area (Å²) in [6.07, 6.45) is 11.1. The van der Waals surface area contributed by atoms with E-state index in [-0.39, 0.29) is 12.1 Å². The maximum Gasteiger partial charge on any atom is 0.111 e. The van der Waals surface area contributed by atoms with Crippen LogP contribution in [0.25, 0.3) is 0 Å². The van der Waals surface area contributed by atoms with Crippen LogP contribution in [-0.4, -0.2) is 36.1 Å². The van der Waals surface area contributed by atoms with Gasteiger partial charge in [0.2, 0.25) is 0 Å². The summed E-state index contributed by atoms with van der Waals surface area (Å²) in [5.74, 6) is 0. The van der Waals surface area contributed by atoms with Gasteiger partial charge in [-0.25, -0.2) is 4.39 Å². The molecule has 0 bridgehead atoms. The van der Waals surface area contributed by atoms with Gasteiger partial charge in [0, 0.05) is 12.3 Å². The predicted molar refractivity (Wildman–Crippen MR) is 78.1 cm³/mol. The molecule has 1 saturated heterocycles. The van der Waals surface area contributed by atoms with Gasteiger partial charge in [-0.2, -0.15) is 0 Å². The van der Waals surface area contributed by atoms with Crippen molar-refractivity contribution in [2.75, 3.05) is 13.3 Å². The molecular formula is C16H24FNO2. The van der Waals surface area contributed by atoms with Crippen molar-refractivity contribution in [2.24, 2.45) is 0 Å². The van der Waals surface area contributed by atoms with E-state index >= 15 is 0 Å². The Labute approximate surface area is 120 Å². The molecule has 0 aromatic heterocycles. The molecular weight excluding hydrogens is 257 g/mol. The highest BCUT2D eigenvalue weighted by Gasteiger charge is 2.48. The average Bonchev–Trinajstić information content (AvgIpc) is 2.45. The van der Waals surface area contributed by atoms with E-state index in [1.165, 1.54) is 6.08 Å². The molecule has 20 heavy (non-hydrogen) atoms. The Morgan fingerprint density at radius 3 is 3.05 bits per heavy atom. The lowest BCUT2D eigenvalue weighted by Gasteiger charge is -2.48. The van der Waals surface area contributed by atoms with E-state index in [1.807, 2.05) is 0 Å². The second-order valence-corrected chi connectivity index (χ2v) is 5.50. The second kappa shape index (κ2) is 7.04. The number of aliphatic hydroxyl groups is 1. The lowest BCUT2D eigenvalue weighted by molar-refractivity contribution is -0.178. The smallest absolute Gasteiger partial charge is 0.111 e. The van der Waals surface area contributed by atoms with Crippen molar-refractivity contribution in [2.45, 2.75) is 49.9 Å². The summed E-state index contributed by atoms with van der Waals surface area (Å²) in [7, 11) is 0. The maximum atomic E-state index is 12.3. The van der Waals surface area contributed by atoms with Crippen LogP contribution in [0.2, 0.25) is 0 Å². The number of hydrogen-bond donors (Lipinski definition) is 2.